The van der Waals surface area contributed by atoms with E-state index in [2.05, 4.69) is 47.2 Å². The SMILES string of the molecule is CC(C)CC(NC(=O)C(Cc1ccccc1)NC(=O)C(CC(N)=O)NC(=O)C(CCCN=C(N)N)NC(=O)C(CC(=O)O)NC(=O)CN)C(=O)NC(CCCN=C(N)N)C(=O)NC(Cc1ccccc1)C(N)=O. The van der Waals surface area contributed by atoms with Crippen molar-refractivity contribution < 1.29 is 53.1 Å². The van der Waals surface area contributed by atoms with Gasteiger partial charge in [0.05, 0.1) is 19.4 Å². The summed E-state index contributed by atoms with van der Waals surface area (Å²) in [6, 6.07) is 6.76. The summed E-state index contributed by atoms with van der Waals surface area (Å²) in [6.07, 6.45) is -1.88. The lowest BCUT2D eigenvalue weighted by Gasteiger charge is -2.28. The maximum Gasteiger partial charge on any atom is 0.305 e. The number of amides is 9. The minimum Gasteiger partial charge on any atom is -0.481 e. The molecule has 0 aliphatic heterocycles. The van der Waals surface area contributed by atoms with Crippen LogP contribution >= 0.6 is 0 Å². The molecular weight excluding hydrogens is 953 g/mol. The standard InChI is InChI=1S/C46H70N16O11/c1-25(2)19-31(41(70)57-28(15-9-17-54-45(50)51)39(68)59-30(38(49)67)20-26-11-5-3-6-12-26)60-42(71)32(21-27-13-7-4-8-14-27)61-43(72)33(22-35(48)63)62-40(69)29(16-10-18-55-46(52)53)58-44(73)34(23-37(65)66)56-36(64)24-47/h3-8,11-14,25,28-34H,9-10,15-24,47H2,1-2H3,(H2,48,63)(H2,49,67)(H,56,64)(H,57,70)(H,58,73)(H,59,68)(H,60,71)(H,61,72)(H,62,69)(H,65,66)(H4,50,51,54)(H4,52,53,55). The van der Waals surface area contributed by atoms with Crippen molar-refractivity contribution in [2.24, 2.45) is 56.0 Å². The molecule has 73 heavy (non-hydrogen) atoms. The Morgan fingerprint density at radius 3 is 1.27 bits per heavy atom. The van der Waals surface area contributed by atoms with Crippen LogP contribution in [0.1, 0.15) is 69.9 Å². The average Bonchev–Trinajstić information content (AvgIpc) is 3.31. The van der Waals surface area contributed by atoms with Crippen molar-refractivity contribution in [3.05, 3.63) is 71.8 Å². The Hall–Kier alpha value is -8.36. The molecule has 0 bridgehead atoms. The zero-order valence-corrected chi connectivity index (χ0v) is 40.8. The second-order valence-corrected chi connectivity index (χ2v) is 17.3. The van der Waals surface area contributed by atoms with Gasteiger partial charge in [0, 0.05) is 25.9 Å². The fourth-order valence-corrected chi connectivity index (χ4v) is 7.06. The predicted octanol–water partition coefficient (Wildman–Crippen LogP) is -5.19. The highest BCUT2D eigenvalue weighted by molar-refractivity contribution is 5.99. The van der Waals surface area contributed by atoms with Gasteiger partial charge in [0.15, 0.2) is 11.9 Å². The number of hydrogen-bond donors (Lipinski definition) is 15. The van der Waals surface area contributed by atoms with Gasteiger partial charge in [-0.3, -0.25) is 57.9 Å². The Labute approximate surface area is 421 Å². The largest absolute Gasteiger partial charge is 0.481 e. The highest BCUT2D eigenvalue weighted by Gasteiger charge is 2.35. The van der Waals surface area contributed by atoms with Crippen LogP contribution < -0.4 is 77.4 Å². The van der Waals surface area contributed by atoms with Crippen molar-refractivity contribution in [2.75, 3.05) is 19.6 Å². The molecule has 0 saturated carbocycles. The Kier molecular flexibility index (Phi) is 26.5. The number of aliphatic carboxylic acids is 1. The molecule has 0 aliphatic carbocycles. The van der Waals surface area contributed by atoms with E-state index in [4.69, 9.17) is 40.1 Å². The van der Waals surface area contributed by atoms with Gasteiger partial charge < -0.3 is 82.5 Å². The zero-order chi connectivity index (χ0) is 54.6. The van der Waals surface area contributed by atoms with Crippen LogP contribution in [0.5, 0.6) is 0 Å². The van der Waals surface area contributed by atoms with Crippen molar-refractivity contribution in [3.63, 3.8) is 0 Å². The van der Waals surface area contributed by atoms with Crippen LogP contribution in [0, 0.1) is 5.92 Å². The summed E-state index contributed by atoms with van der Waals surface area (Å²) in [6.45, 7) is 2.98. The van der Waals surface area contributed by atoms with E-state index in [1.165, 1.54) is 0 Å². The number of carbonyl (C=O) groups excluding carboxylic acids is 9. The summed E-state index contributed by atoms with van der Waals surface area (Å²) in [5, 5.41) is 26.8. The lowest BCUT2D eigenvalue weighted by atomic mass is 9.99. The number of aliphatic imine (C=N–C) groups is 2. The minimum atomic E-state index is -1.79. The van der Waals surface area contributed by atoms with Gasteiger partial charge in [-0.25, -0.2) is 0 Å². The zero-order valence-electron chi connectivity index (χ0n) is 40.8. The molecule has 0 heterocycles. The monoisotopic (exact) mass is 1020 g/mol. The molecule has 0 aliphatic rings. The van der Waals surface area contributed by atoms with Gasteiger partial charge in [-0.15, -0.1) is 0 Å². The molecule has 2 rings (SSSR count). The molecule has 400 valence electrons. The number of primary amides is 2. The molecule has 2 aromatic carbocycles. The Morgan fingerprint density at radius 2 is 0.863 bits per heavy atom. The maximum absolute atomic E-state index is 14.4. The molecule has 22 N–H and O–H groups in total. The number of carbonyl (C=O) groups is 10. The van der Waals surface area contributed by atoms with Crippen molar-refractivity contribution in [2.45, 2.75) is 114 Å². The van der Waals surface area contributed by atoms with E-state index in [1.807, 2.05) is 0 Å². The number of hydrogen-bond acceptors (Lipinski definition) is 13. The summed E-state index contributed by atoms with van der Waals surface area (Å²) in [5.74, 6) is -10.8. The number of guanidine groups is 2. The number of carboxylic acids is 1. The number of nitrogens with two attached hydrogens (primary N) is 7. The first-order chi connectivity index (χ1) is 34.5. The molecule has 0 fully saturated rings. The highest BCUT2D eigenvalue weighted by atomic mass is 16.4. The molecule has 9 amide bonds. The molecule has 27 nitrogen and oxygen atoms in total. The Bertz CT molecular complexity index is 2260. The molecule has 0 saturated heterocycles. The molecule has 0 aromatic heterocycles. The van der Waals surface area contributed by atoms with Crippen LogP contribution in [0.25, 0.3) is 0 Å². The van der Waals surface area contributed by atoms with Gasteiger partial charge in [-0.1, -0.05) is 74.5 Å². The van der Waals surface area contributed by atoms with Crippen molar-refractivity contribution in [3.8, 4) is 0 Å². The van der Waals surface area contributed by atoms with Crippen LogP contribution in [0.2, 0.25) is 0 Å². The van der Waals surface area contributed by atoms with E-state index in [0.29, 0.717) is 11.1 Å². The van der Waals surface area contributed by atoms with E-state index in [1.54, 1.807) is 74.5 Å². The number of nitrogens with one attached hydrogen (secondary N) is 7. The minimum absolute atomic E-state index is 0.0176. The van der Waals surface area contributed by atoms with Crippen LogP contribution in [-0.2, 0) is 60.8 Å². The summed E-state index contributed by atoms with van der Waals surface area (Å²) in [5.41, 5.74) is 39.5. The van der Waals surface area contributed by atoms with E-state index in [0.717, 1.165) is 0 Å². The topological polar surface area (TPSA) is 482 Å². The second-order valence-electron chi connectivity index (χ2n) is 17.3. The molecule has 0 spiro atoms. The first-order valence-electron chi connectivity index (χ1n) is 23.3. The predicted molar refractivity (Wildman–Crippen MR) is 267 cm³/mol. The first kappa shape index (κ1) is 60.8. The summed E-state index contributed by atoms with van der Waals surface area (Å²) in [4.78, 5) is 140. The summed E-state index contributed by atoms with van der Waals surface area (Å²) in [7, 11) is 0. The maximum atomic E-state index is 14.4. The normalized spacial score (nSPS) is 13.6. The van der Waals surface area contributed by atoms with Gasteiger partial charge in [-0.2, -0.15) is 0 Å². The smallest absolute Gasteiger partial charge is 0.305 e. The van der Waals surface area contributed by atoms with Crippen molar-refractivity contribution in [1.82, 2.24) is 37.2 Å². The van der Waals surface area contributed by atoms with Gasteiger partial charge in [0.25, 0.3) is 0 Å². The summed E-state index contributed by atoms with van der Waals surface area (Å²) < 4.78 is 0. The lowest BCUT2D eigenvalue weighted by molar-refractivity contribution is -0.141. The van der Waals surface area contributed by atoms with Gasteiger partial charge in [-0.05, 0) is 49.1 Å². The number of rotatable bonds is 33. The van der Waals surface area contributed by atoms with Crippen molar-refractivity contribution >= 4 is 71.1 Å². The third-order valence-corrected chi connectivity index (χ3v) is 10.6. The van der Waals surface area contributed by atoms with Crippen LogP contribution in [0.4, 0.5) is 0 Å². The Morgan fingerprint density at radius 1 is 0.493 bits per heavy atom. The molecular formula is C46H70N16O11. The van der Waals surface area contributed by atoms with Crippen LogP contribution in [0.3, 0.4) is 0 Å². The first-order valence-corrected chi connectivity index (χ1v) is 23.3. The fourth-order valence-electron chi connectivity index (χ4n) is 7.06. The highest BCUT2D eigenvalue weighted by Crippen LogP contribution is 2.12. The van der Waals surface area contributed by atoms with E-state index in [-0.39, 0.29) is 75.9 Å². The van der Waals surface area contributed by atoms with Crippen LogP contribution in [-0.4, -0.2) is 138 Å². The molecule has 0 radical (unpaired) electrons. The average molecular weight is 1020 g/mol. The Balaban J connectivity index is 2.50. The third-order valence-electron chi connectivity index (χ3n) is 10.6. The second kappa shape index (κ2) is 31.8. The molecule has 7 unspecified atom stereocenters. The molecule has 27 heteroatoms. The van der Waals surface area contributed by atoms with Gasteiger partial charge in [0.1, 0.15) is 42.3 Å². The van der Waals surface area contributed by atoms with Gasteiger partial charge in [0.2, 0.25) is 53.2 Å². The van der Waals surface area contributed by atoms with Crippen molar-refractivity contribution in [1.29, 1.82) is 0 Å². The van der Waals surface area contributed by atoms with E-state index in [9.17, 15) is 53.1 Å². The number of benzene rings is 2. The quantitative estimate of drug-likeness (QED) is 0.0181. The molecule has 7 atom stereocenters. The fraction of sp³-hybridized carbons (Fsp3) is 0.478. The van der Waals surface area contributed by atoms with Gasteiger partial charge >= 0.3 is 5.97 Å². The molecule has 2 aromatic rings. The summed E-state index contributed by atoms with van der Waals surface area (Å²) >= 11 is 0. The van der Waals surface area contributed by atoms with E-state index >= 15 is 0 Å². The van der Waals surface area contributed by atoms with E-state index < -0.39 is 121 Å². The van der Waals surface area contributed by atoms with Crippen LogP contribution in [0.15, 0.2) is 70.6 Å². The lowest BCUT2D eigenvalue weighted by Crippen LogP contribution is -2.61. The number of carboxylic acid groups (broad SMARTS) is 1. The third kappa shape index (κ3) is 24.4. The number of nitrogens with zero attached hydrogens (tertiary/aromatic N) is 2.